The molecule has 2 unspecified atom stereocenters. The maximum atomic E-state index is 10.1. The lowest BCUT2D eigenvalue weighted by atomic mass is 9.73. The molecule has 0 aromatic carbocycles. The summed E-state index contributed by atoms with van der Waals surface area (Å²) in [6, 6.07) is 0. The molecular weight excluding hydrogens is 196 g/mol. The van der Waals surface area contributed by atoms with Crippen LogP contribution in [0.4, 0.5) is 0 Å². The van der Waals surface area contributed by atoms with Gasteiger partial charge in [-0.25, -0.2) is 0 Å². The van der Waals surface area contributed by atoms with E-state index in [4.69, 9.17) is 0 Å². The summed E-state index contributed by atoms with van der Waals surface area (Å²) in [6.07, 6.45) is 4.13. The molecule has 3 heteroatoms. The molecule has 0 aromatic heterocycles. The summed E-state index contributed by atoms with van der Waals surface area (Å²) in [5.74, 6) is 0.845. The second kappa shape index (κ2) is 4.42. The molecule has 0 amide bonds. The molecule has 14 heavy (non-hydrogen) atoms. The van der Waals surface area contributed by atoms with Crippen LogP contribution in [0.2, 0.25) is 0 Å². The Hall–Kier alpha value is 0.270. The molecule has 0 aliphatic carbocycles. The number of hydrogen-bond donors (Lipinski definition) is 2. The van der Waals surface area contributed by atoms with E-state index in [1.165, 1.54) is 0 Å². The predicted octanol–water partition coefficient (Wildman–Crippen LogP) is 2.39. The molecule has 1 rings (SSSR count). The van der Waals surface area contributed by atoms with E-state index in [0.29, 0.717) is 0 Å². The van der Waals surface area contributed by atoms with Crippen LogP contribution in [-0.4, -0.2) is 27.0 Å². The molecule has 1 aliphatic heterocycles. The van der Waals surface area contributed by atoms with E-state index in [1.54, 1.807) is 11.8 Å². The van der Waals surface area contributed by atoms with Crippen molar-refractivity contribution in [3.63, 3.8) is 0 Å². The van der Waals surface area contributed by atoms with Crippen molar-refractivity contribution < 1.29 is 10.2 Å². The summed E-state index contributed by atoms with van der Waals surface area (Å²) in [4.78, 5) is 0. The summed E-state index contributed by atoms with van der Waals surface area (Å²) >= 11 is 1.58. The fourth-order valence-corrected chi connectivity index (χ4v) is 3.14. The lowest BCUT2D eigenvalue weighted by Gasteiger charge is -2.42. The number of hydrogen-bond acceptors (Lipinski definition) is 3. The monoisotopic (exact) mass is 218 g/mol. The van der Waals surface area contributed by atoms with Crippen molar-refractivity contribution in [2.45, 2.75) is 57.5 Å². The van der Waals surface area contributed by atoms with E-state index in [0.717, 1.165) is 31.4 Å². The van der Waals surface area contributed by atoms with Gasteiger partial charge in [0.05, 0.1) is 11.0 Å². The first-order chi connectivity index (χ1) is 6.35. The maximum Gasteiger partial charge on any atom is 0.0992 e. The maximum absolute atomic E-state index is 10.1. The molecule has 84 valence electrons. The number of thioether (sulfide) groups is 1. The predicted molar refractivity (Wildman–Crippen MR) is 61.3 cm³/mol. The van der Waals surface area contributed by atoms with Crippen LogP contribution < -0.4 is 0 Å². The third-order valence-corrected chi connectivity index (χ3v) is 4.93. The molecular formula is C11H22O2S. The zero-order valence-electron chi connectivity index (χ0n) is 9.42. The van der Waals surface area contributed by atoms with Crippen molar-refractivity contribution in [2.75, 3.05) is 5.75 Å². The first kappa shape index (κ1) is 12.3. The molecule has 0 saturated carbocycles. The van der Waals surface area contributed by atoms with Gasteiger partial charge >= 0.3 is 0 Å². The minimum atomic E-state index is -0.656. The highest BCUT2D eigenvalue weighted by molar-refractivity contribution is 7.99. The van der Waals surface area contributed by atoms with Crippen molar-refractivity contribution in [1.29, 1.82) is 0 Å². The van der Waals surface area contributed by atoms with Gasteiger partial charge in [0.2, 0.25) is 0 Å². The van der Waals surface area contributed by atoms with E-state index in [1.807, 2.05) is 13.8 Å². The number of rotatable bonds is 1. The Bertz CT molecular complexity index is 188. The minimum Gasteiger partial charge on any atom is -0.390 e. The van der Waals surface area contributed by atoms with Crippen molar-refractivity contribution in [1.82, 2.24) is 0 Å². The van der Waals surface area contributed by atoms with Crippen LogP contribution in [0.3, 0.4) is 0 Å². The van der Waals surface area contributed by atoms with Gasteiger partial charge in [0.15, 0.2) is 0 Å². The van der Waals surface area contributed by atoms with Crippen LogP contribution in [0.25, 0.3) is 0 Å². The average Bonchev–Trinajstić information content (AvgIpc) is 2.04. The number of aliphatic hydroxyl groups is 2. The highest BCUT2D eigenvalue weighted by atomic mass is 32.2. The van der Waals surface area contributed by atoms with Crippen LogP contribution in [0, 0.1) is 5.41 Å². The molecule has 2 atom stereocenters. The molecule has 0 bridgehead atoms. The Morgan fingerprint density at radius 3 is 2.57 bits per heavy atom. The van der Waals surface area contributed by atoms with Crippen molar-refractivity contribution >= 4 is 11.8 Å². The van der Waals surface area contributed by atoms with Gasteiger partial charge < -0.3 is 10.2 Å². The molecule has 0 spiro atoms. The molecule has 1 fully saturated rings. The zero-order valence-corrected chi connectivity index (χ0v) is 10.2. The summed E-state index contributed by atoms with van der Waals surface area (Å²) in [6.45, 7) is 5.88. The summed E-state index contributed by atoms with van der Waals surface area (Å²) in [5, 5.41) is 19.7. The Balaban J connectivity index is 2.66. The highest BCUT2D eigenvalue weighted by Gasteiger charge is 2.40. The summed E-state index contributed by atoms with van der Waals surface area (Å²) in [7, 11) is 0. The smallest absolute Gasteiger partial charge is 0.0992 e. The van der Waals surface area contributed by atoms with Crippen LogP contribution >= 0.6 is 11.8 Å². The first-order valence-electron chi connectivity index (χ1n) is 5.37. The fourth-order valence-electron chi connectivity index (χ4n) is 1.75. The Morgan fingerprint density at radius 1 is 1.36 bits per heavy atom. The van der Waals surface area contributed by atoms with Crippen molar-refractivity contribution in [2.24, 2.45) is 5.41 Å². The topological polar surface area (TPSA) is 40.5 Å². The first-order valence-corrected chi connectivity index (χ1v) is 6.42. The van der Waals surface area contributed by atoms with Crippen LogP contribution in [0.1, 0.15) is 46.5 Å². The van der Waals surface area contributed by atoms with Gasteiger partial charge in [-0.3, -0.25) is 0 Å². The lowest BCUT2D eigenvalue weighted by Crippen LogP contribution is -2.44. The largest absolute Gasteiger partial charge is 0.390 e. The van der Waals surface area contributed by atoms with E-state index >= 15 is 0 Å². The van der Waals surface area contributed by atoms with E-state index in [2.05, 4.69) is 6.92 Å². The van der Waals surface area contributed by atoms with E-state index < -0.39 is 5.60 Å². The lowest BCUT2D eigenvalue weighted by molar-refractivity contribution is -0.0386. The van der Waals surface area contributed by atoms with Crippen molar-refractivity contribution in [3.05, 3.63) is 0 Å². The van der Waals surface area contributed by atoms with Gasteiger partial charge in [0.1, 0.15) is 0 Å². The number of aliphatic hydroxyl groups excluding tert-OH is 1. The van der Waals surface area contributed by atoms with Gasteiger partial charge in [0, 0.05) is 11.2 Å². The minimum absolute atomic E-state index is 0.0704. The summed E-state index contributed by atoms with van der Waals surface area (Å²) < 4.78 is 0. The zero-order chi connectivity index (χ0) is 10.8. The highest BCUT2D eigenvalue weighted by Crippen LogP contribution is 2.42. The van der Waals surface area contributed by atoms with Gasteiger partial charge in [-0.1, -0.05) is 13.3 Å². The Labute approximate surface area is 91.1 Å². The second-order valence-electron chi connectivity index (χ2n) is 5.13. The molecule has 1 saturated heterocycles. The quantitative estimate of drug-likeness (QED) is 0.710. The third-order valence-electron chi connectivity index (χ3n) is 3.50. The van der Waals surface area contributed by atoms with Crippen LogP contribution in [-0.2, 0) is 0 Å². The van der Waals surface area contributed by atoms with Crippen LogP contribution in [0.5, 0.6) is 0 Å². The molecule has 0 radical (unpaired) electrons. The van der Waals surface area contributed by atoms with Crippen LogP contribution in [0.15, 0.2) is 0 Å². The van der Waals surface area contributed by atoms with Crippen molar-refractivity contribution in [3.8, 4) is 0 Å². The molecule has 2 N–H and O–H groups in total. The van der Waals surface area contributed by atoms with E-state index in [-0.39, 0.29) is 10.9 Å². The standard InChI is InChI=1S/C11H22O2S/c1-10(2,13)11(3)7-5-4-6-9(12)14-8-11/h9,12-13H,4-8H2,1-3H3. The molecule has 1 heterocycles. The van der Waals surface area contributed by atoms with Gasteiger partial charge in [0.25, 0.3) is 0 Å². The second-order valence-corrected chi connectivity index (χ2v) is 6.30. The van der Waals surface area contributed by atoms with Gasteiger partial charge in [-0.05, 0) is 33.1 Å². The van der Waals surface area contributed by atoms with Gasteiger partial charge in [-0.2, -0.15) is 0 Å². The molecule has 0 aromatic rings. The average molecular weight is 218 g/mol. The molecule has 1 aliphatic rings. The molecule has 2 nitrogen and oxygen atoms in total. The normalized spacial score (nSPS) is 36.2. The SMILES string of the molecule is CC(C)(O)C1(C)CCCCC(O)SC1. The Kier molecular flexibility index (Phi) is 3.89. The third kappa shape index (κ3) is 2.88. The summed E-state index contributed by atoms with van der Waals surface area (Å²) in [5.41, 5.74) is -0.965. The van der Waals surface area contributed by atoms with Gasteiger partial charge in [-0.15, -0.1) is 11.8 Å². The van der Waals surface area contributed by atoms with E-state index in [9.17, 15) is 10.2 Å². The fraction of sp³-hybridized carbons (Fsp3) is 1.00. The Morgan fingerprint density at radius 2 is 2.00 bits per heavy atom.